The largest absolute Gasteiger partial charge is 0.493 e. The Morgan fingerprint density at radius 3 is 2.68 bits per heavy atom. The van der Waals surface area contributed by atoms with E-state index in [1.165, 1.54) is 19.3 Å². The number of ether oxygens (including phenoxy) is 2. The van der Waals surface area contributed by atoms with E-state index < -0.39 is 12.2 Å². The number of carbonyl (C=O) groups is 2. The number of para-hydroxylation sites is 1. The molecule has 2 amide bonds. The molecule has 0 radical (unpaired) electrons. The molecule has 3 aliphatic heterocycles. The standard InChI is InChI=1S/C26H37N3O5/c30-22-11-10-19-12-13-33-23-9-5-4-8-20(23)25(31)28-17-14-21(26(32)27-15-24(22)34-19)29(16-17)18-6-2-1-3-7-18/h4-5,8-9,17-19,21-22,24,30H,1-3,6-7,10-16H2,(H,27,32)(H,28,31)/t17-,19-,21-,22-,24+/m0/s1. The van der Waals surface area contributed by atoms with E-state index in [9.17, 15) is 14.7 Å². The molecule has 4 aliphatic rings. The normalized spacial score (nSPS) is 34.0. The zero-order valence-electron chi connectivity index (χ0n) is 19.8. The van der Waals surface area contributed by atoms with Crippen molar-refractivity contribution >= 4 is 11.8 Å². The van der Waals surface area contributed by atoms with Crippen molar-refractivity contribution in [3.63, 3.8) is 0 Å². The Morgan fingerprint density at radius 1 is 1.00 bits per heavy atom. The first-order valence-corrected chi connectivity index (χ1v) is 13.0. The van der Waals surface area contributed by atoms with Crippen molar-refractivity contribution in [1.29, 1.82) is 0 Å². The van der Waals surface area contributed by atoms with Crippen LogP contribution < -0.4 is 15.4 Å². The molecule has 8 heteroatoms. The molecule has 5 rings (SSSR count). The van der Waals surface area contributed by atoms with Gasteiger partial charge in [-0.1, -0.05) is 31.4 Å². The molecule has 8 nitrogen and oxygen atoms in total. The second kappa shape index (κ2) is 10.6. The zero-order chi connectivity index (χ0) is 23.5. The van der Waals surface area contributed by atoms with Crippen LogP contribution in [0.2, 0.25) is 0 Å². The molecular weight excluding hydrogens is 434 g/mol. The Labute approximate surface area is 201 Å². The van der Waals surface area contributed by atoms with Gasteiger partial charge in [-0.3, -0.25) is 14.5 Å². The number of carbonyl (C=O) groups excluding carboxylic acids is 2. The summed E-state index contributed by atoms with van der Waals surface area (Å²) in [5.41, 5.74) is 0.518. The van der Waals surface area contributed by atoms with E-state index in [1.807, 2.05) is 18.2 Å². The van der Waals surface area contributed by atoms with Gasteiger partial charge in [0.05, 0.1) is 30.4 Å². The number of rotatable bonds is 1. The minimum absolute atomic E-state index is 0.0314. The van der Waals surface area contributed by atoms with Crippen molar-refractivity contribution < 1.29 is 24.2 Å². The topological polar surface area (TPSA) is 100 Å². The van der Waals surface area contributed by atoms with Gasteiger partial charge in [0.1, 0.15) is 11.9 Å². The van der Waals surface area contributed by atoms with Crippen LogP contribution in [0, 0.1) is 0 Å². The fourth-order valence-corrected chi connectivity index (χ4v) is 6.05. The number of nitrogens with zero attached hydrogens (tertiary/aromatic N) is 1. The molecule has 0 unspecified atom stereocenters. The van der Waals surface area contributed by atoms with Crippen LogP contribution >= 0.6 is 0 Å². The molecule has 2 saturated heterocycles. The van der Waals surface area contributed by atoms with E-state index in [0.717, 1.165) is 19.3 Å². The number of aliphatic hydroxyl groups excluding tert-OH is 1. The average Bonchev–Trinajstić information content (AvgIpc) is 3.28. The Morgan fingerprint density at radius 2 is 1.82 bits per heavy atom. The van der Waals surface area contributed by atoms with E-state index in [-0.39, 0.29) is 30.0 Å². The summed E-state index contributed by atoms with van der Waals surface area (Å²) in [6.07, 6.45) is 7.37. The summed E-state index contributed by atoms with van der Waals surface area (Å²) in [6, 6.07) is 7.30. The zero-order valence-corrected chi connectivity index (χ0v) is 19.8. The number of aliphatic hydroxyl groups is 1. The third-order valence-corrected chi connectivity index (χ3v) is 7.91. The Bertz CT molecular complexity index is 874. The first kappa shape index (κ1) is 23.6. The number of hydrogen-bond acceptors (Lipinski definition) is 6. The SMILES string of the molecule is O=C1N[C@H]2C[C@@H](C(=O)NC[C@H]3O[C@H](CCOc4ccccc41)CC[C@@H]3O)N(C1CCCCC1)C2. The lowest BCUT2D eigenvalue weighted by Crippen LogP contribution is -2.52. The summed E-state index contributed by atoms with van der Waals surface area (Å²) < 4.78 is 12.1. The smallest absolute Gasteiger partial charge is 0.255 e. The van der Waals surface area contributed by atoms with Gasteiger partial charge in [-0.25, -0.2) is 0 Å². The highest BCUT2D eigenvalue weighted by Gasteiger charge is 2.42. The molecule has 34 heavy (non-hydrogen) atoms. The molecule has 0 aromatic heterocycles. The van der Waals surface area contributed by atoms with Crippen LogP contribution in [0.5, 0.6) is 5.75 Å². The molecule has 1 aliphatic carbocycles. The van der Waals surface area contributed by atoms with Crippen molar-refractivity contribution in [3.05, 3.63) is 29.8 Å². The molecule has 1 saturated carbocycles. The van der Waals surface area contributed by atoms with Crippen LogP contribution in [0.4, 0.5) is 0 Å². The number of likely N-dealkylation sites (tertiary alicyclic amines) is 1. The summed E-state index contributed by atoms with van der Waals surface area (Å²) in [5, 5.41) is 16.7. The van der Waals surface area contributed by atoms with Gasteiger partial charge in [0.15, 0.2) is 0 Å². The van der Waals surface area contributed by atoms with Crippen molar-refractivity contribution in [2.24, 2.45) is 0 Å². The summed E-state index contributed by atoms with van der Waals surface area (Å²) in [6.45, 7) is 1.39. The van der Waals surface area contributed by atoms with Crippen molar-refractivity contribution in [1.82, 2.24) is 15.5 Å². The second-order valence-corrected chi connectivity index (χ2v) is 10.2. The lowest BCUT2D eigenvalue weighted by atomic mass is 9.93. The van der Waals surface area contributed by atoms with E-state index in [2.05, 4.69) is 15.5 Å². The maximum atomic E-state index is 13.3. The fourth-order valence-electron chi connectivity index (χ4n) is 6.05. The van der Waals surface area contributed by atoms with Gasteiger partial charge in [-0.05, 0) is 44.2 Å². The highest BCUT2D eigenvalue weighted by molar-refractivity contribution is 5.97. The van der Waals surface area contributed by atoms with Gasteiger partial charge >= 0.3 is 0 Å². The molecule has 5 atom stereocenters. The average molecular weight is 472 g/mol. The van der Waals surface area contributed by atoms with Crippen LogP contribution in [-0.4, -0.2) is 78.0 Å². The summed E-state index contributed by atoms with van der Waals surface area (Å²) in [7, 11) is 0. The second-order valence-electron chi connectivity index (χ2n) is 10.2. The van der Waals surface area contributed by atoms with E-state index in [0.29, 0.717) is 56.3 Å². The Kier molecular flexibility index (Phi) is 7.37. The molecular formula is C26H37N3O5. The lowest BCUT2D eigenvalue weighted by molar-refractivity contribution is -0.134. The van der Waals surface area contributed by atoms with Crippen LogP contribution in [0.15, 0.2) is 24.3 Å². The van der Waals surface area contributed by atoms with E-state index >= 15 is 0 Å². The highest BCUT2D eigenvalue weighted by atomic mass is 16.5. The van der Waals surface area contributed by atoms with Gasteiger partial charge in [0.2, 0.25) is 5.91 Å². The number of amides is 2. The predicted octanol–water partition coefficient (Wildman–Crippen LogP) is 2.00. The molecule has 3 fully saturated rings. The maximum Gasteiger partial charge on any atom is 0.255 e. The van der Waals surface area contributed by atoms with Gasteiger partial charge in [0.25, 0.3) is 5.91 Å². The summed E-state index contributed by atoms with van der Waals surface area (Å²) in [5.74, 6) is 0.376. The van der Waals surface area contributed by atoms with Crippen LogP contribution in [0.1, 0.15) is 68.1 Å². The number of fused-ring (bicyclic) bond motifs is 5. The molecule has 4 bridgehead atoms. The number of nitrogens with one attached hydrogen (secondary N) is 2. The number of benzene rings is 1. The minimum Gasteiger partial charge on any atom is -0.493 e. The summed E-state index contributed by atoms with van der Waals surface area (Å²) >= 11 is 0. The fraction of sp³-hybridized carbons (Fsp3) is 0.692. The van der Waals surface area contributed by atoms with Gasteiger partial charge in [-0.2, -0.15) is 0 Å². The predicted molar refractivity (Wildman–Crippen MR) is 127 cm³/mol. The molecule has 3 heterocycles. The third-order valence-electron chi connectivity index (χ3n) is 7.91. The van der Waals surface area contributed by atoms with Crippen LogP contribution in [-0.2, 0) is 9.53 Å². The molecule has 3 N–H and O–H groups in total. The van der Waals surface area contributed by atoms with Gasteiger partial charge in [0, 0.05) is 31.6 Å². The van der Waals surface area contributed by atoms with Crippen LogP contribution in [0.3, 0.4) is 0 Å². The quantitative estimate of drug-likeness (QED) is 0.579. The van der Waals surface area contributed by atoms with Gasteiger partial charge in [-0.15, -0.1) is 0 Å². The first-order chi connectivity index (χ1) is 16.6. The van der Waals surface area contributed by atoms with E-state index in [4.69, 9.17) is 9.47 Å². The first-order valence-electron chi connectivity index (χ1n) is 13.0. The monoisotopic (exact) mass is 471 g/mol. The van der Waals surface area contributed by atoms with E-state index in [1.54, 1.807) is 6.07 Å². The lowest BCUT2D eigenvalue weighted by Gasteiger charge is -2.36. The number of hydrogen-bond donors (Lipinski definition) is 3. The highest BCUT2D eigenvalue weighted by Crippen LogP contribution is 2.30. The summed E-state index contributed by atoms with van der Waals surface area (Å²) in [4.78, 5) is 28.8. The van der Waals surface area contributed by atoms with Crippen molar-refractivity contribution in [2.75, 3.05) is 19.7 Å². The Balaban J connectivity index is 1.39. The minimum atomic E-state index is -0.581. The molecule has 1 aromatic carbocycles. The molecule has 0 spiro atoms. The van der Waals surface area contributed by atoms with Crippen LogP contribution in [0.25, 0.3) is 0 Å². The van der Waals surface area contributed by atoms with Crippen molar-refractivity contribution in [3.8, 4) is 5.75 Å². The van der Waals surface area contributed by atoms with Gasteiger partial charge < -0.3 is 25.2 Å². The molecule has 186 valence electrons. The molecule has 1 aromatic rings. The van der Waals surface area contributed by atoms with Crippen molar-refractivity contribution in [2.45, 2.75) is 94.2 Å². The maximum absolute atomic E-state index is 13.3. The third kappa shape index (κ3) is 5.24. The Hall–Kier alpha value is -2.16.